The lowest BCUT2D eigenvalue weighted by Crippen LogP contribution is -2.60. The van der Waals surface area contributed by atoms with E-state index < -0.39 is 11.9 Å². The number of nitrogens with one attached hydrogen (secondary N) is 2. The molecule has 1 heterocycles. The maximum Gasteiger partial charge on any atom is 0.340 e. The van der Waals surface area contributed by atoms with Gasteiger partial charge in [0.1, 0.15) is 0 Å². The molecule has 8 nitrogen and oxygen atoms in total. The van der Waals surface area contributed by atoms with Gasteiger partial charge in [-0.3, -0.25) is 4.98 Å². The third kappa shape index (κ3) is 4.33. The number of hydrogen-bond acceptors (Lipinski definition) is 6. The van der Waals surface area contributed by atoms with E-state index in [0.717, 1.165) is 37.0 Å². The van der Waals surface area contributed by atoms with Gasteiger partial charge in [0, 0.05) is 16.8 Å². The lowest BCUT2D eigenvalue weighted by Gasteiger charge is -2.56. The molecule has 4 aliphatic carbocycles. The van der Waals surface area contributed by atoms with Crippen LogP contribution in [0.4, 0.5) is 10.5 Å². The summed E-state index contributed by atoms with van der Waals surface area (Å²) in [5.41, 5.74) is 2.92. The number of rotatable bonds is 5. The molecule has 4 bridgehead atoms. The van der Waals surface area contributed by atoms with Gasteiger partial charge < -0.3 is 20.1 Å². The normalized spacial score (nSPS) is 25.8. The molecule has 6 rings (SSSR count). The Kier molecular flexibility index (Phi) is 6.22. The van der Waals surface area contributed by atoms with E-state index in [1.165, 1.54) is 33.5 Å². The van der Waals surface area contributed by atoms with Gasteiger partial charge in [0.25, 0.3) is 0 Å². The third-order valence-corrected chi connectivity index (χ3v) is 8.19. The molecule has 4 fully saturated rings. The Balaban J connectivity index is 1.39. The summed E-state index contributed by atoms with van der Waals surface area (Å²) in [5, 5.41) is 6.29. The second-order valence-electron chi connectivity index (χ2n) is 10.7. The second kappa shape index (κ2) is 9.22. The van der Waals surface area contributed by atoms with Gasteiger partial charge in [-0.2, -0.15) is 0 Å². The van der Waals surface area contributed by atoms with Crippen LogP contribution < -0.4 is 10.6 Å². The minimum atomic E-state index is -0.586. The summed E-state index contributed by atoms with van der Waals surface area (Å²) < 4.78 is 9.97. The molecule has 2 aromatic rings. The maximum absolute atomic E-state index is 13.0. The quantitative estimate of drug-likeness (QED) is 0.568. The molecular weight excluding hydrogens is 458 g/mol. The number of hydrogen-bond donors (Lipinski definition) is 2. The summed E-state index contributed by atoms with van der Waals surface area (Å²) in [7, 11) is 2.58. The number of benzene rings is 1. The highest BCUT2D eigenvalue weighted by Crippen LogP contribution is 2.55. The Morgan fingerprint density at radius 2 is 1.31 bits per heavy atom. The smallest absolute Gasteiger partial charge is 0.340 e. The van der Waals surface area contributed by atoms with Crippen molar-refractivity contribution in [2.24, 2.45) is 17.8 Å². The first-order valence-electron chi connectivity index (χ1n) is 12.6. The first-order chi connectivity index (χ1) is 17.2. The Bertz CT molecular complexity index is 1150. The molecule has 8 heteroatoms. The summed E-state index contributed by atoms with van der Waals surface area (Å²) in [6.45, 7) is 3.41. The summed E-state index contributed by atoms with van der Waals surface area (Å²) >= 11 is 0. The number of aromatic nitrogens is 1. The molecule has 4 saturated carbocycles. The van der Waals surface area contributed by atoms with E-state index in [1.807, 2.05) is 0 Å². The van der Waals surface area contributed by atoms with Crippen LogP contribution in [-0.4, -0.2) is 42.7 Å². The average Bonchev–Trinajstić information content (AvgIpc) is 2.82. The van der Waals surface area contributed by atoms with Crippen LogP contribution in [0.3, 0.4) is 0 Å². The maximum atomic E-state index is 13.0. The third-order valence-electron chi connectivity index (χ3n) is 8.19. The zero-order chi connectivity index (χ0) is 25.6. The molecule has 0 saturated heterocycles. The first-order valence-corrected chi connectivity index (χ1v) is 12.6. The zero-order valence-corrected chi connectivity index (χ0v) is 21.3. The number of urea groups is 1. The van der Waals surface area contributed by atoms with E-state index in [1.54, 1.807) is 38.1 Å². The van der Waals surface area contributed by atoms with Gasteiger partial charge in [-0.15, -0.1) is 0 Å². The molecule has 1 aromatic carbocycles. The van der Waals surface area contributed by atoms with Gasteiger partial charge in [-0.25, -0.2) is 14.4 Å². The van der Waals surface area contributed by atoms with E-state index in [4.69, 9.17) is 9.47 Å². The summed E-state index contributed by atoms with van der Waals surface area (Å²) in [6.07, 6.45) is 7.20. The lowest BCUT2D eigenvalue weighted by molar-refractivity contribution is -0.0127. The van der Waals surface area contributed by atoms with E-state index >= 15 is 0 Å². The summed E-state index contributed by atoms with van der Waals surface area (Å²) in [4.78, 5) is 42.6. The molecule has 2 N–H and O–H groups in total. The second-order valence-corrected chi connectivity index (χ2v) is 10.7. The lowest BCUT2D eigenvalue weighted by atomic mass is 9.53. The van der Waals surface area contributed by atoms with Gasteiger partial charge in [0.2, 0.25) is 0 Å². The molecule has 4 aliphatic rings. The fourth-order valence-electron chi connectivity index (χ4n) is 7.23. The Morgan fingerprint density at radius 3 is 1.75 bits per heavy atom. The van der Waals surface area contributed by atoms with Crippen molar-refractivity contribution in [1.82, 2.24) is 10.3 Å². The van der Waals surface area contributed by atoms with Crippen molar-refractivity contribution in [1.29, 1.82) is 0 Å². The van der Waals surface area contributed by atoms with E-state index in [0.29, 0.717) is 28.2 Å². The monoisotopic (exact) mass is 491 g/mol. The highest BCUT2D eigenvalue weighted by atomic mass is 16.5. The summed E-state index contributed by atoms with van der Waals surface area (Å²) in [6, 6.07) is 6.88. The number of carbonyl (C=O) groups is 3. The fraction of sp³-hybridized carbons (Fsp3) is 0.500. The minimum Gasteiger partial charge on any atom is -0.465 e. The molecule has 0 aliphatic heterocycles. The molecule has 0 spiro atoms. The Labute approximate surface area is 211 Å². The highest BCUT2D eigenvalue weighted by Gasteiger charge is 2.51. The number of nitrogens with zero attached hydrogens (tertiary/aromatic N) is 1. The van der Waals surface area contributed by atoms with Crippen LogP contribution in [0.25, 0.3) is 11.1 Å². The van der Waals surface area contributed by atoms with Gasteiger partial charge in [0.15, 0.2) is 0 Å². The van der Waals surface area contributed by atoms with Crippen molar-refractivity contribution in [3.05, 3.63) is 46.8 Å². The number of esters is 2. The van der Waals surface area contributed by atoms with Crippen LogP contribution in [0.1, 0.15) is 70.6 Å². The molecule has 2 amide bonds. The van der Waals surface area contributed by atoms with Crippen molar-refractivity contribution in [3.8, 4) is 11.1 Å². The highest BCUT2D eigenvalue weighted by molar-refractivity contribution is 6.07. The van der Waals surface area contributed by atoms with Gasteiger partial charge in [-0.05, 0) is 87.8 Å². The molecule has 0 atom stereocenters. The molecule has 1 aromatic heterocycles. The van der Waals surface area contributed by atoms with E-state index in [9.17, 15) is 14.4 Å². The number of methoxy groups -OCH3 is 2. The molecule has 0 radical (unpaired) electrons. The van der Waals surface area contributed by atoms with Crippen molar-refractivity contribution < 1.29 is 23.9 Å². The number of anilines is 1. The number of carbonyl (C=O) groups excluding carboxylic acids is 3. The number of pyridine rings is 1. The van der Waals surface area contributed by atoms with Crippen molar-refractivity contribution in [2.45, 2.75) is 57.9 Å². The first kappa shape index (κ1) is 24.3. The minimum absolute atomic E-state index is 0.0737. The van der Waals surface area contributed by atoms with Crippen molar-refractivity contribution in [2.75, 3.05) is 19.5 Å². The predicted octanol–water partition coefficient (Wildman–Crippen LogP) is 5.03. The largest absolute Gasteiger partial charge is 0.465 e. The number of aryl methyl sites for hydroxylation is 2. The van der Waals surface area contributed by atoms with Crippen LogP contribution in [0, 0.1) is 31.6 Å². The van der Waals surface area contributed by atoms with E-state index in [2.05, 4.69) is 15.6 Å². The zero-order valence-electron chi connectivity index (χ0n) is 21.3. The Hall–Kier alpha value is -3.42. The summed E-state index contributed by atoms with van der Waals surface area (Å²) in [5.74, 6) is 1.07. The van der Waals surface area contributed by atoms with Gasteiger partial charge in [0.05, 0.1) is 36.7 Å². The van der Waals surface area contributed by atoms with Crippen LogP contribution in [-0.2, 0) is 9.47 Å². The van der Waals surface area contributed by atoms with Crippen LogP contribution in [0.5, 0.6) is 0 Å². The SMILES string of the molecule is COC(=O)c1c(C)nc(C)c(C(=O)OC)c1-c1ccc(NC(=O)NC23CC4CC(CC(C4)C2)C3)cc1. The van der Waals surface area contributed by atoms with Gasteiger partial charge >= 0.3 is 18.0 Å². The van der Waals surface area contributed by atoms with E-state index in [-0.39, 0.29) is 22.7 Å². The molecular formula is C28H33N3O5. The molecule has 190 valence electrons. The predicted molar refractivity (Wildman–Crippen MR) is 135 cm³/mol. The fourth-order valence-corrected chi connectivity index (χ4v) is 7.23. The molecule has 36 heavy (non-hydrogen) atoms. The van der Waals surface area contributed by atoms with Gasteiger partial charge in [-0.1, -0.05) is 12.1 Å². The number of amides is 2. The van der Waals surface area contributed by atoms with Crippen molar-refractivity contribution in [3.63, 3.8) is 0 Å². The van der Waals surface area contributed by atoms with Crippen LogP contribution in [0.2, 0.25) is 0 Å². The average molecular weight is 492 g/mol. The van der Waals surface area contributed by atoms with Crippen LogP contribution >= 0.6 is 0 Å². The molecule has 0 unspecified atom stereocenters. The van der Waals surface area contributed by atoms with Crippen LogP contribution in [0.15, 0.2) is 24.3 Å². The van der Waals surface area contributed by atoms with Crippen molar-refractivity contribution >= 4 is 23.7 Å². The standard InChI is InChI=1S/C28H33N3O5/c1-15-22(25(32)35-3)24(23(16(2)29-15)26(33)36-4)20-5-7-21(8-6-20)30-27(34)31-28-12-17-9-18(13-28)11-19(10-17)14-28/h5-8,17-19H,9-14H2,1-4H3,(H2,30,31,34). The topological polar surface area (TPSA) is 107 Å². The number of ether oxygens (including phenoxy) is 2. The Morgan fingerprint density at radius 1 is 0.833 bits per heavy atom.